The highest BCUT2D eigenvalue weighted by molar-refractivity contribution is 5.94. The van der Waals surface area contributed by atoms with Gasteiger partial charge in [0, 0.05) is 32.5 Å². The Balaban J connectivity index is 1.90. The van der Waals surface area contributed by atoms with Crippen LogP contribution in [0.3, 0.4) is 0 Å². The molecule has 1 N–H and O–H groups in total. The number of aromatic nitrogens is 2. The third kappa shape index (κ3) is 3.49. The van der Waals surface area contributed by atoms with E-state index in [-0.39, 0.29) is 29.0 Å². The minimum absolute atomic E-state index is 0.0200. The first-order valence-electron chi connectivity index (χ1n) is 9.06. The zero-order valence-electron chi connectivity index (χ0n) is 15.8. The van der Waals surface area contributed by atoms with Crippen LogP contribution in [0, 0.1) is 0 Å². The topological polar surface area (TPSA) is 69.3 Å². The molecular formula is C20H26N4O2. The molecule has 1 amide bonds. The molecule has 0 radical (unpaired) electrons. The van der Waals surface area contributed by atoms with Gasteiger partial charge in [-0.3, -0.25) is 9.59 Å². The van der Waals surface area contributed by atoms with Crippen molar-refractivity contribution in [1.82, 2.24) is 14.9 Å². The van der Waals surface area contributed by atoms with Crippen LogP contribution >= 0.6 is 0 Å². The number of carbonyl (C=O) groups excluding carboxylic acids is 1. The highest BCUT2D eigenvalue weighted by Crippen LogP contribution is 2.33. The molecule has 0 spiro atoms. The third-order valence-electron chi connectivity index (χ3n) is 4.91. The number of hydrogen-bond donors (Lipinski definition) is 1. The van der Waals surface area contributed by atoms with Gasteiger partial charge in [0.05, 0.1) is 6.04 Å². The summed E-state index contributed by atoms with van der Waals surface area (Å²) < 4.78 is 0. The van der Waals surface area contributed by atoms with Crippen molar-refractivity contribution >= 4 is 11.7 Å². The molecule has 26 heavy (non-hydrogen) atoms. The van der Waals surface area contributed by atoms with Crippen LogP contribution in [-0.2, 0) is 0 Å². The van der Waals surface area contributed by atoms with E-state index < -0.39 is 0 Å². The number of pyridine rings is 2. The van der Waals surface area contributed by atoms with Crippen molar-refractivity contribution in [3.63, 3.8) is 0 Å². The predicted octanol–water partition coefficient (Wildman–Crippen LogP) is 2.94. The summed E-state index contributed by atoms with van der Waals surface area (Å²) in [5, 5.41) is 0. The van der Waals surface area contributed by atoms with Gasteiger partial charge in [-0.05, 0) is 48.6 Å². The molecule has 2 aromatic rings. The van der Waals surface area contributed by atoms with Crippen LogP contribution in [0.2, 0.25) is 0 Å². The molecule has 6 nitrogen and oxygen atoms in total. The standard InChI is InChI=1S/C20H26N4O2/c1-13(2)16-8-7-15(19(25)22-16)20(26)24-11-5-6-17(24)14-9-10-21-18(12-14)23(3)4/h7-10,12-13,17H,5-6,11H2,1-4H3,(H,22,25)/t17-/m1/s1. The van der Waals surface area contributed by atoms with Gasteiger partial charge >= 0.3 is 0 Å². The van der Waals surface area contributed by atoms with Crippen molar-refractivity contribution < 1.29 is 4.79 Å². The van der Waals surface area contributed by atoms with Crippen molar-refractivity contribution in [2.45, 2.75) is 38.6 Å². The molecule has 138 valence electrons. The third-order valence-corrected chi connectivity index (χ3v) is 4.91. The highest BCUT2D eigenvalue weighted by atomic mass is 16.2. The van der Waals surface area contributed by atoms with Crippen LogP contribution in [0.1, 0.15) is 60.3 Å². The summed E-state index contributed by atoms with van der Waals surface area (Å²) >= 11 is 0. The Morgan fingerprint density at radius 3 is 2.73 bits per heavy atom. The van der Waals surface area contributed by atoms with Crippen molar-refractivity contribution in [2.75, 3.05) is 25.5 Å². The lowest BCUT2D eigenvalue weighted by atomic mass is 10.0. The number of amides is 1. The Kier molecular flexibility index (Phi) is 5.11. The van der Waals surface area contributed by atoms with Crippen molar-refractivity contribution in [1.29, 1.82) is 0 Å². The molecule has 3 rings (SSSR count). The quantitative estimate of drug-likeness (QED) is 0.916. The summed E-state index contributed by atoms with van der Waals surface area (Å²) in [7, 11) is 3.89. The molecule has 0 aliphatic carbocycles. The fraction of sp³-hybridized carbons (Fsp3) is 0.450. The lowest BCUT2D eigenvalue weighted by molar-refractivity contribution is 0.0733. The number of nitrogens with zero attached hydrogens (tertiary/aromatic N) is 3. The summed E-state index contributed by atoms with van der Waals surface area (Å²) in [4.78, 5) is 36.4. The molecule has 6 heteroatoms. The van der Waals surface area contributed by atoms with Crippen LogP contribution in [-0.4, -0.2) is 41.4 Å². The van der Waals surface area contributed by atoms with E-state index >= 15 is 0 Å². The number of anilines is 1. The number of carbonyl (C=O) groups is 1. The second kappa shape index (κ2) is 7.32. The van der Waals surface area contributed by atoms with Gasteiger partial charge in [-0.1, -0.05) is 13.8 Å². The summed E-state index contributed by atoms with van der Waals surface area (Å²) in [6.45, 7) is 4.68. The summed E-state index contributed by atoms with van der Waals surface area (Å²) in [6, 6.07) is 7.44. The van der Waals surface area contributed by atoms with E-state index in [1.165, 1.54) is 0 Å². The first-order chi connectivity index (χ1) is 12.4. The minimum atomic E-state index is -0.310. The van der Waals surface area contributed by atoms with Gasteiger partial charge < -0.3 is 14.8 Å². The zero-order chi connectivity index (χ0) is 18.8. The molecule has 1 atom stereocenters. The Labute approximate surface area is 153 Å². The molecule has 3 heterocycles. The summed E-state index contributed by atoms with van der Waals surface area (Å²) in [5.74, 6) is 0.876. The zero-order valence-corrected chi connectivity index (χ0v) is 15.8. The molecule has 0 unspecified atom stereocenters. The Hall–Kier alpha value is -2.63. The van der Waals surface area contributed by atoms with E-state index in [9.17, 15) is 9.59 Å². The van der Waals surface area contributed by atoms with Gasteiger partial charge in [0.25, 0.3) is 11.5 Å². The van der Waals surface area contributed by atoms with E-state index in [2.05, 4.69) is 9.97 Å². The van der Waals surface area contributed by atoms with Crippen LogP contribution in [0.5, 0.6) is 0 Å². The molecule has 0 saturated carbocycles. The average Bonchev–Trinajstić information content (AvgIpc) is 3.10. The maximum absolute atomic E-state index is 13.0. The molecule has 1 saturated heterocycles. The van der Waals surface area contributed by atoms with Crippen molar-refractivity contribution in [2.24, 2.45) is 0 Å². The molecule has 0 aromatic carbocycles. The number of likely N-dealkylation sites (tertiary alicyclic amines) is 1. The number of rotatable bonds is 4. The van der Waals surface area contributed by atoms with Gasteiger partial charge in [-0.25, -0.2) is 4.98 Å². The second-order valence-corrected chi connectivity index (χ2v) is 7.31. The molecular weight excluding hydrogens is 328 g/mol. The van der Waals surface area contributed by atoms with Crippen molar-refractivity contribution in [3.05, 3.63) is 57.6 Å². The number of nitrogens with one attached hydrogen (secondary N) is 1. The maximum atomic E-state index is 13.0. The Morgan fingerprint density at radius 2 is 2.08 bits per heavy atom. The fourth-order valence-corrected chi connectivity index (χ4v) is 3.39. The predicted molar refractivity (Wildman–Crippen MR) is 103 cm³/mol. The van der Waals surface area contributed by atoms with Crippen LogP contribution in [0.15, 0.2) is 35.3 Å². The Bertz CT molecular complexity index is 857. The largest absolute Gasteiger partial charge is 0.363 e. The molecule has 1 aliphatic rings. The second-order valence-electron chi connectivity index (χ2n) is 7.31. The highest BCUT2D eigenvalue weighted by Gasteiger charge is 2.32. The number of aromatic amines is 1. The summed E-state index contributed by atoms with van der Waals surface area (Å²) in [5.41, 5.74) is 1.80. The smallest absolute Gasteiger partial charge is 0.261 e. The molecule has 2 aromatic heterocycles. The normalized spacial score (nSPS) is 17.0. The monoisotopic (exact) mass is 354 g/mol. The van der Waals surface area contributed by atoms with E-state index in [4.69, 9.17) is 0 Å². The van der Waals surface area contributed by atoms with E-state index in [0.29, 0.717) is 6.54 Å². The first-order valence-corrected chi connectivity index (χ1v) is 9.06. The van der Waals surface area contributed by atoms with Crippen LogP contribution < -0.4 is 10.5 Å². The molecule has 0 bridgehead atoms. The van der Waals surface area contributed by atoms with E-state index in [0.717, 1.165) is 29.9 Å². The minimum Gasteiger partial charge on any atom is -0.363 e. The maximum Gasteiger partial charge on any atom is 0.261 e. The fourth-order valence-electron chi connectivity index (χ4n) is 3.39. The lowest BCUT2D eigenvalue weighted by Gasteiger charge is -2.25. The van der Waals surface area contributed by atoms with E-state index in [1.54, 1.807) is 12.3 Å². The van der Waals surface area contributed by atoms with Crippen LogP contribution in [0.4, 0.5) is 5.82 Å². The van der Waals surface area contributed by atoms with E-state index in [1.807, 2.05) is 55.9 Å². The Morgan fingerprint density at radius 1 is 1.31 bits per heavy atom. The van der Waals surface area contributed by atoms with Crippen molar-refractivity contribution in [3.8, 4) is 0 Å². The number of H-pyrrole nitrogens is 1. The van der Waals surface area contributed by atoms with Gasteiger partial charge in [0.15, 0.2) is 0 Å². The van der Waals surface area contributed by atoms with Gasteiger partial charge in [0.1, 0.15) is 11.4 Å². The van der Waals surface area contributed by atoms with Gasteiger partial charge in [-0.15, -0.1) is 0 Å². The summed E-state index contributed by atoms with van der Waals surface area (Å²) in [6.07, 6.45) is 3.60. The molecule has 1 aliphatic heterocycles. The number of hydrogen-bond acceptors (Lipinski definition) is 4. The first kappa shape index (κ1) is 18.2. The van der Waals surface area contributed by atoms with Crippen LogP contribution in [0.25, 0.3) is 0 Å². The lowest BCUT2D eigenvalue weighted by Crippen LogP contribution is -2.34. The SMILES string of the molecule is CC(C)c1ccc(C(=O)N2CCC[C@@H]2c2ccnc(N(C)C)c2)c(=O)[nH]1. The average molecular weight is 354 g/mol. The van der Waals surface area contributed by atoms with Gasteiger partial charge in [0.2, 0.25) is 0 Å². The van der Waals surface area contributed by atoms with Gasteiger partial charge in [-0.2, -0.15) is 0 Å². The molecule has 1 fully saturated rings.